The van der Waals surface area contributed by atoms with Crippen LogP contribution < -0.4 is 4.57 Å². The van der Waals surface area contributed by atoms with Gasteiger partial charge in [0.15, 0.2) is 5.75 Å². The van der Waals surface area contributed by atoms with Gasteiger partial charge in [-0.2, -0.15) is 4.57 Å². The molecule has 5 N–H and O–H groups in total. The number of aryl methyl sites for hydroxylation is 1. The summed E-state index contributed by atoms with van der Waals surface area (Å²) < 4.78 is 23.6. The van der Waals surface area contributed by atoms with Gasteiger partial charge in [-0.05, 0) is 0 Å². The molecule has 24 heavy (non-hydrogen) atoms. The molecule has 0 spiro atoms. The van der Waals surface area contributed by atoms with E-state index in [2.05, 4.69) is 9.51 Å². The van der Waals surface area contributed by atoms with E-state index in [9.17, 15) is 19.9 Å². The van der Waals surface area contributed by atoms with Crippen LogP contribution in [0, 0.1) is 0 Å². The molecule has 1 fully saturated rings. The molecule has 2 aromatic heterocycles. The number of pyridine rings is 1. The molecule has 3 heterocycles. The van der Waals surface area contributed by atoms with Crippen molar-refractivity contribution in [3.8, 4) is 5.75 Å². The lowest BCUT2D eigenvalue weighted by Crippen LogP contribution is -2.33. The van der Waals surface area contributed by atoms with Crippen molar-refractivity contribution in [2.45, 2.75) is 24.5 Å². The SMILES string of the molecule is C[n+]1cn([C@@H]2O[C@H](COP(=O)(O)O)[C@@H](O)[C@H]2O)c2nccc(O)c21. The molecule has 132 valence electrons. The molecule has 0 aromatic carbocycles. The Hall–Kier alpha value is -1.59. The second-order valence-electron chi connectivity index (χ2n) is 5.47. The quantitative estimate of drug-likeness (QED) is 0.315. The molecule has 0 unspecified atom stereocenters. The smallest absolute Gasteiger partial charge is 0.469 e. The number of fused-ring (bicyclic) bond motifs is 1. The maximum Gasteiger partial charge on any atom is 0.469 e. The summed E-state index contributed by atoms with van der Waals surface area (Å²) >= 11 is 0. The Kier molecular flexibility index (Phi) is 4.34. The van der Waals surface area contributed by atoms with Gasteiger partial charge < -0.3 is 29.8 Å². The third-order valence-electron chi connectivity index (χ3n) is 3.80. The highest BCUT2D eigenvalue weighted by Crippen LogP contribution is 2.38. The van der Waals surface area contributed by atoms with Crippen LogP contribution in [-0.2, 0) is 20.9 Å². The van der Waals surface area contributed by atoms with E-state index in [1.807, 2.05) is 0 Å². The zero-order chi connectivity index (χ0) is 17.6. The second-order valence-corrected chi connectivity index (χ2v) is 6.71. The van der Waals surface area contributed by atoms with E-state index >= 15 is 0 Å². The second kappa shape index (κ2) is 6.05. The zero-order valence-electron chi connectivity index (χ0n) is 12.5. The Morgan fingerprint density at radius 2 is 2.12 bits per heavy atom. The average molecular weight is 362 g/mol. The molecule has 1 aliphatic heterocycles. The number of aromatic nitrogens is 3. The Balaban J connectivity index is 1.90. The van der Waals surface area contributed by atoms with E-state index in [0.29, 0.717) is 11.2 Å². The number of phosphoric ester groups is 1. The number of hydrogen-bond donors (Lipinski definition) is 5. The predicted octanol–water partition coefficient (Wildman–Crippen LogP) is -1.71. The van der Waals surface area contributed by atoms with Crippen molar-refractivity contribution < 1.29 is 43.5 Å². The number of nitrogens with zero attached hydrogens (tertiary/aromatic N) is 3. The first-order chi connectivity index (χ1) is 11.2. The van der Waals surface area contributed by atoms with E-state index in [-0.39, 0.29) is 5.75 Å². The predicted molar refractivity (Wildman–Crippen MR) is 76.5 cm³/mol. The van der Waals surface area contributed by atoms with Gasteiger partial charge in [-0.1, -0.05) is 0 Å². The van der Waals surface area contributed by atoms with Crippen molar-refractivity contribution in [1.29, 1.82) is 0 Å². The summed E-state index contributed by atoms with van der Waals surface area (Å²) in [6.07, 6.45) is -2.11. The topological polar surface area (TPSA) is 158 Å². The molecule has 4 atom stereocenters. The van der Waals surface area contributed by atoms with Crippen LogP contribution in [-0.4, -0.2) is 59.6 Å². The van der Waals surface area contributed by atoms with Crippen molar-refractivity contribution in [3.63, 3.8) is 0 Å². The van der Waals surface area contributed by atoms with Gasteiger partial charge in [0.1, 0.15) is 18.3 Å². The summed E-state index contributed by atoms with van der Waals surface area (Å²) in [4.78, 5) is 21.6. The van der Waals surface area contributed by atoms with Crippen LogP contribution in [0.5, 0.6) is 5.75 Å². The highest BCUT2D eigenvalue weighted by molar-refractivity contribution is 7.46. The lowest BCUT2D eigenvalue weighted by Gasteiger charge is -2.14. The first-order valence-electron chi connectivity index (χ1n) is 6.95. The van der Waals surface area contributed by atoms with E-state index < -0.39 is 39.0 Å². The first kappa shape index (κ1) is 17.2. The molecule has 0 aliphatic carbocycles. The Morgan fingerprint density at radius 3 is 2.79 bits per heavy atom. The van der Waals surface area contributed by atoms with E-state index in [1.165, 1.54) is 23.2 Å². The minimum Gasteiger partial charge on any atom is -0.504 e. The summed E-state index contributed by atoms with van der Waals surface area (Å²) in [6.45, 7) is -0.594. The van der Waals surface area contributed by atoms with Crippen molar-refractivity contribution >= 4 is 19.0 Å². The van der Waals surface area contributed by atoms with E-state index in [1.54, 1.807) is 11.6 Å². The van der Waals surface area contributed by atoms with Crippen LogP contribution in [0.3, 0.4) is 0 Å². The monoisotopic (exact) mass is 362 g/mol. The van der Waals surface area contributed by atoms with Crippen LogP contribution in [0.15, 0.2) is 18.6 Å². The number of aromatic hydroxyl groups is 1. The number of phosphoric acid groups is 1. The number of ether oxygens (including phenoxy) is 1. The molecule has 1 aliphatic rings. The number of aliphatic hydroxyl groups excluding tert-OH is 2. The molecule has 0 bridgehead atoms. The standard InChI is InChI=1S/C12H16N3O8P/c1-14-5-15(11-8(14)6(16)2-3-13-11)12-10(18)9(17)7(23-12)4-22-24(19,20)21/h2-3,5,7,9-10,12,17-18H,4H2,1H3,(H2-,13,16,19,20,21)/p+1/t7-,9-,10-,12-/m1/s1. The summed E-state index contributed by atoms with van der Waals surface area (Å²) in [6, 6.07) is 1.41. The van der Waals surface area contributed by atoms with Crippen LogP contribution >= 0.6 is 7.82 Å². The van der Waals surface area contributed by atoms with E-state index in [4.69, 9.17) is 14.5 Å². The molecule has 11 nitrogen and oxygen atoms in total. The Bertz CT molecular complexity index is 805. The fraction of sp³-hybridized carbons (Fsp3) is 0.500. The average Bonchev–Trinajstić information content (AvgIpc) is 2.96. The molecule has 3 rings (SSSR count). The van der Waals surface area contributed by atoms with Gasteiger partial charge in [-0.15, -0.1) is 0 Å². The maximum atomic E-state index is 10.8. The largest absolute Gasteiger partial charge is 0.504 e. The van der Waals surface area contributed by atoms with Crippen LogP contribution in [0.4, 0.5) is 0 Å². The molecule has 0 radical (unpaired) electrons. The third-order valence-corrected chi connectivity index (χ3v) is 4.28. The fourth-order valence-electron chi connectivity index (χ4n) is 2.71. The third kappa shape index (κ3) is 3.03. The van der Waals surface area contributed by atoms with Crippen molar-refractivity contribution in [1.82, 2.24) is 9.55 Å². The minimum atomic E-state index is -4.73. The molecule has 2 aromatic rings. The summed E-state index contributed by atoms with van der Waals surface area (Å²) in [5.41, 5.74) is 0.711. The molecule has 12 heteroatoms. The zero-order valence-corrected chi connectivity index (χ0v) is 13.4. The summed E-state index contributed by atoms with van der Waals surface area (Å²) in [5, 5.41) is 30.1. The minimum absolute atomic E-state index is 0.0179. The Morgan fingerprint density at radius 1 is 1.42 bits per heavy atom. The van der Waals surface area contributed by atoms with Crippen molar-refractivity contribution in [2.24, 2.45) is 7.05 Å². The summed E-state index contributed by atoms with van der Waals surface area (Å²) in [5.74, 6) is -0.0179. The van der Waals surface area contributed by atoms with Crippen LogP contribution in [0.1, 0.15) is 6.23 Å². The number of imidazole rings is 1. The van der Waals surface area contributed by atoms with Gasteiger partial charge in [0.2, 0.25) is 18.1 Å². The lowest BCUT2D eigenvalue weighted by molar-refractivity contribution is -0.646. The highest BCUT2D eigenvalue weighted by atomic mass is 31.2. The lowest BCUT2D eigenvalue weighted by atomic mass is 10.1. The van der Waals surface area contributed by atoms with Gasteiger partial charge in [-0.3, -0.25) is 4.52 Å². The van der Waals surface area contributed by atoms with Gasteiger partial charge in [0, 0.05) is 12.3 Å². The van der Waals surface area contributed by atoms with Crippen LogP contribution in [0.25, 0.3) is 11.2 Å². The van der Waals surface area contributed by atoms with Crippen molar-refractivity contribution in [3.05, 3.63) is 18.6 Å². The van der Waals surface area contributed by atoms with E-state index in [0.717, 1.165) is 0 Å². The van der Waals surface area contributed by atoms with Gasteiger partial charge in [0.25, 0.3) is 5.65 Å². The van der Waals surface area contributed by atoms with Gasteiger partial charge >= 0.3 is 7.82 Å². The fourth-order valence-corrected chi connectivity index (χ4v) is 3.05. The summed E-state index contributed by atoms with van der Waals surface area (Å²) in [7, 11) is -3.07. The molecular weight excluding hydrogens is 345 g/mol. The molecule has 0 saturated carbocycles. The van der Waals surface area contributed by atoms with Crippen molar-refractivity contribution in [2.75, 3.05) is 6.61 Å². The Labute approximate surface area is 135 Å². The van der Waals surface area contributed by atoms with Crippen LogP contribution in [0.2, 0.25) is 0 Å². The molecular formula is C12H17N3O8P+. The molecule has 1 saturated heterocycles. The maximum absolute atomic E-state index is 10.8. The van der Waals surface area contributed by atoms with Gasteiger partial charge in [-0.25, -0.2) is 14.1 Å². The number of hydrogen-bond acceptors (Lipinski definition) is 7. The first-order valence-corrected chi connectivity index (χ1v) is 8.48. The van der Waals surface area contributed by atoms with Gasteiger partial charge in [0.05, 0.1) is 13.7 Å². The number of rotatable bonds is 4. The normalized spacial score (nSPS) is 27.9. The molecule has 0 amide bonds. The highest BCUT2D eigenvalue weighted by Gasteiger charge is 2.48. The number of aliphatic hydroxyl groups is 2.